The van der Waals surface area contributed by atoms with Crippen molar-refractivity contribution in [1.29, 1.82) is 0 Å². The van der Waals surface area contributed by atoms with Gasteiger partial charge in [-0.2, -0.15) is 0 Å². The molecule has 8 heteroatoms. The summed E-state index contributed by atoms with van der Waals surface area (Å²) >= 11 is 6.23. The Morgan fingerprint density at radius 2 is 1.68 bits per heavy atom. The normalized spacial score (nSPS) is 13.5. The first kappa shape index (κ1) is 23.1. The van der Waals surface area contributed by atoms with Crippen LogP contribution in [0.5, 0.6) is 5.75 Å². The summed E-state index contributed by atoms with van der Waals surface area (Å²) in [5, 5.41) is 2.69. The average molecular weight is 476 g/mol. The van der Waals surface area contributed by atoms with Gasteiger partial charge in [-0.05, 0) is 79.9 Å². The fourth-order valence-electron chi connectivity index (χ4n) is 3.56. The summed E-state index contributed by atoms with van der Waals surface area (Å²) in [6, 6.07) is 16.8. The number of carbonyl (C=O) groups excluding carboxylic acids is 3. The molecule has 0 atom stereocenters. The second-order valence-corrected chi connectivity index (χ2v) is 8.36. The van der Waals surface area contributed by atoms with E-state index in [0.717, 1.165) is 21.6 Å². The number of imide groups is 1. The molecule has 0 saturated carbocycles. The van der Waals surface area contributed by atoms with Crippen molar-refractivity contribution in [2.24, 2.45) is 0 Å². The van der Waals surface area contributed by atoms with Gasteiger partial charge in [-0.3, -0.25) is 9.59 Å². The number of carbonyl (C=O) groups is 3. The van der Waals surface area contributed by atoms with E-state index in [1.165, 1.54) is 12.1 Å². The smallest absolute Gasteiger partial charge is 0.343 e. The standard InChI is InChI=1S/C26H22ClN3O4/c1-14-7-12-21(19(28)13-14)34-26(33)17-8-10-18(11-9-17)29-23-22(27)24(31)30(25(23)32)20-6-4-5-15(2)16(20)3/h4-13,29H,28H2,1-3H3. The first-order valence-corrected chi connectivity index (χ1v) is 10.9. The van der Waals surface area contributed by atoms with E-state index in [1.54, 1.807) is 42.5 Å². The summed E-state index contributed by atoms with van der Waals surface area (Å²) in [5.74, 6) is -1.45. The molecule has 0 spiro atoms. The van der Waals surface area contributed by atoms with Gasteiger partial charge in [0, 0.05) is 5.69 Å². The molecule has 0 aromatic heterocycles. The van der Waals surface area contributed by atoms with Crippen LogP contribution in [0.1, 0.15) is 27.0 Å². The Bertz CT molecular complexity index is 1360. The molecule has 0 fully saturated rings. The zero-order valence-corrected chi connectivity index (χ0v) is 19.6. The molecule has 3 N–H and O–H groups in total. The number of aryl methyl sites for hydroxylation is 2. The molecule has 0 saturated heterocycles. The highest BCUT2D eigenvalue weighted by molar-refractivity contribution is 6.53. The van der Waals surface area contributed by atoms with E-state index in [0.29, 0.717) is 17.1 Å². The number of nitrogens with zero attached hydrogens (tertiary/aromatic N) is 1. The number of esters is 1. The van der Waals surface area contributed by atoms with Crippen molar-refractivity contribution in [3.05, 3.63) is 93.6 Å². The molecule has 3 aromatic carbocycles. The molecule has 0 bridgehead atoms. The molecule has 2 amide bonds. The van der Waals surface area contributed by atoms with E-state index in [-0.39, 0.29) is 22.0 Å². The van der Waals surface area contributed by atoms with Gasteiger partial charge in [0.25, 0.3) is 11.8 Å². The summed E-state index contributed by atoms with van der Waals surface area (Å²) in [6.07, 6.45) is 0. The van der Waals surface area contributed by atoms with E-state index in [4.69, 9.17) is 22.1 Å². The third-order valence-corrected chi connectivity index (χ3v) is 5.95. The largest absolute Gasteiger partial charge is 0.421 e. The Morgan fingerprint density at radius 1 is 0.971 bits per heavy atom. The van der Waals surface area contributed by atoms with Crippen LogP contribution in [0.15, 0.2) is 71.4 Å². The Hall–Kier alpha value is -4.10. The number of hydrogen-bond acceptors (Lipinski definition) is 6. The van der Waals surface area contributed by atoms with E-state index >= 15 is 0 Å². The number of anilines is 3. The minimum absolute atomic E-state index is 0.0321. The van der Waals surface area contributed by atoms with Crippen LogP contribution in [0, 0.1) is 20.8 Å². The number of halogens is 1. The first-order chi connectivity index (χ1) is 16.2. The van der Waals surface area contributed by atoms with Gasteiger partial charge in [0.2, 0.25) is 0 Å². The molecular formula is C26H22ClN3O4. The number of nitrogens with one attached hydrogen (secondary N) is 1. The maximum atomic E-state index is 13.0. The van der Waals surface area contributed by atoms with Crippen molar-refractivity contribution in [2.75, 3.05) is 16.0 Å². The third kappa shape index (κ3) is 4.25. The lowest BCUT2D eigenvalue weighted by Gasteiger charge is -2.18. The van der Waals surface area contributed by atoms with Crippen molar-refractivity contribution < 1.29 is 19.1 Å². The fourth-order valence-corrected chi connectivity index (χ4v) is 3.77. The quantitative estimate of drug-likeness (QED) is 0.237. The van der Waals surface area contributed by atoms with Crippen LogP contribution in [0.4, 0.5) is 17.1 Å². The summed E-state index contributed by atoms with van der Waals surface area (Å²) < 4.78 is 5.37. The van der Waals surface area contributed by atoms with E-state index in [2.05, 4.69) is 5.32 Å². The van der Waals surface area contributed by atoms with Gasteiger partial charge in [-0.1, -0.05) is 29.8 Å². The monoisotopic (exact) mass is 475 g/mol. The highest BCUT2D eigenvalue weighted by atomic mass is 35.5. The second-order valence-electron chi connectivity index (χ2n) is 7.99. The van der Waals surface area contributed by atoms with Crippen LogP contribution in [0.25, 0.3) is 0 Å². The van der Waals surface area contributed by atoms with Crippen LogP contribution < -0.4 is 20.7 Å². The topological polar surface area (TPSA) is 102 Å². The molecule has 4 rings (SSSR count). The minimum Gasteiger partial charge on any atom is -0.421 e. The van der Waals surface area contributed by atoms with Crippen molar-refractivity contribution in [3.8, 4) is 5.75 Å². The highest BCUT2D eigenvalue weighted by Gasteiger charge is 2.39. The Labute approximate surface area is 201 Å². The SMILES string of the molecule is Cc1ccc(OC(=O)c2ccc(NC3=C(Cl)C(=O)N(c4cccc(C)c4C)C3=O)cc2)c(N)c1. The summed E-state index contributed by atoms with van der Waals surface area (Å²) in [6.45, 7) is 5.63. The Morgan fingerprint density at radius 3 is 2.35 bits per heavy atom. The van der Waals surface area contributed by atoms with Gasteiger partial charge in [-0.25, -0.2) is 9.69 Å². The fraction of sp³-hybridized carbons (Fsp3) is 0.115. The van der Waals surface area contributed by atoms with Gasteiger partial charge < -0.3 is 15.8 Å². The van der Waals surface area contributed by atoms with E-state index in [9.17, 15) is 14.4 Å². The zero-order valence-electron chi connectivity index (χ0n) is 18.8. The number of amides is 2. The van der Waals surface area contributed by atoms with E-state index < -0.39 is 17.8 Å². The number of hydrogen-bond donors (Lipinski definition) is 2. The number of rotatable bonds is 5. The third-order valence-electron chi connectivity index (χ3n) is 5.60. The minimum atomic E-state index is -0.598. The maximum Gasteiger partial charge on any atom is 0.343 e. The number of nitrogen functional groups attached to an aromatic ring is 1. The lowest BCUT2D eigenvalue weighted by molar-refractivity contribution is -0.120. The zero-order chi connectivity index (χ0) is 24.6. The predicted molar refractivity (Wildman–Crippen MR) is 132 cm³/mol. The van der Waals surface area contributed by atoms with Gasteiger partial charge in [0.05, 0.1) is 16.9 Å². The molecule has 1 aliphatic rings. The average Bonchev–Trinajstić information content (AvgIpc) is 3.01. The molecule has 0 radical (unpaired) electrons. The van der Waals surface area contributed by atoms with Crippen LogP contribution in [0.3, 0.4) is 0 Å². The van der Waals surface area contributed by atoms with Crippen LogP contribution in [0.2, 0.25) is 0 Å². The number of benzene rings is 3. The maximum absolute atomic E-state index is 13.0. The molecule has 172 valence electrons. The molecule has 7 nitrogen and oxygen atoms in total. The molecule has 0 unspecified atom stereocenters. The van der Waals surface area contributed by atoms with Crippen molar-refractivity contribution in [3.63, 3.8) is 0 Å². The summed E-state index contributed by atoms with van der Waals surface area (Å²) in [5.41, 5.74) is 10.2. The predicted octanol–water partition coefficient (Wildman–Crippen LogP) is 4.85. The van der Waals surface area contributed by atoms with Crippen LogP contribution >= 0.6 is 11.6 Å². The Balaban J connectivity index is 1.50. The number of ether oxygens (including phenoxy) is 1. The molecule has 0 aliphatic carbocycles. The number of nitrogens with two attached hydrogens (primary N) is 1. The molecule has 3 aromatic rings. The van der Waals surface area contributed by atoms with Gasteiger partial charge in [0.15, 0.2) is 5.75 Å². The Kier molecular flexibility index (Phi) is 6.13. The van der Waals surface area contributed by atoms with Gasteiger partial charge in [-0.15, -0.1) is 0 Å². The molecule has 34 heavy (non-hydrogen) atoms. The lowest BCUT2D eigenvalue weighted by Crippen LogP contribution is -2.33. The summed E-state index contributed by atoms with van der Waals surface area (Å²) in [4.78, 5) is 39.3. The first-order valence-electron chi connectivity index (χ1n) is 10.5. The van der Waals surface area contributed by atoms with Crippen molar-refractivity contribution in [1.82, 2.24) is 0 Å². The van der Waals surface area contributed by atoms with Gasteiger partial charge in [0.1, 0.15) is 10.7 Å². The van der Waals surface area contributed by atoms with Crippen LogP contribution in [-0.4, -0.2) is 17.8 Å². The lowest BCUT2D eigenvalue weighted by atomic mass is 10.1. The highest BCUT2D eigenvalue weighted by Crippen LogP contribution is 2.33. The summed E-state index contributed by atoms with van der Waals surface area (Å²) in [7, 11) is 0. The van der Waals surface area contributed by atoms with E-state index in [1.807, 2.05) is 26.8 Å². The molecule has 1 aliphatic heterocycles. The van der Waals surface area contributed by atoms with Crippen LogP contribution in [-0.2, 0) is 9.59 Å². The molecular weight excluding hydrogens is 454 g/mol. The second kappa shape index (κ2) is 9.03. The molecule has 1 heterocycles. The van der Waals surface area contributed by atoms with Crippen molar-refractivity contribution in [2.45, 2.75) is 20.8 Å². The van der Waals surface area contributed by atoms with Crippen molar-refractivity contribution >= 4 is 46.4 Å². The van der Waals surface area contributed by atoms with Gasteiger partial charge >= 0.3 is 5.97 Å².